The van der Waals surface area contributed by atoms with Crippen molar-refractivity contribution in [3.63, 3.8) is 0 Å². The molecule has 0 spiro atoms. The second kappa shape index (κ2) is 11.4. The number of pyridine rings is 1. The fourth-order valence-corrected chi connectivity index (χ4v) is 5.59. The Morgan fingerprint density at radius 3 is 2.50 bits per heavy atom. The quantitative estimate of drug-likeness (QED) is 0.421. The third-order valence-electron chi connectivity index (χ3n) is 7.51. The van der Waals surface area contributed by atoms with Gasteiger partial charge in [0.15, 0.2) is 0 Å². The van der Waals surface area contributed by atoms with E-state index < -0.39 is 29.3 Å². The van der Waals surface area contributed by atoms with E-state index in [4.69, 9.17) is 16.3 Å². The molecule has 3 heterocycles. The highest BCUT2D eigenvalue weighted by molar-refractivity contribution is 6.34. The molecule has 7 nitrogen and oxygen atoms in total. The van der Waals surface area contributed by atoms with Gasteiger partial charge in [0.05, 0.1) is 28.8 Å². The van der Waals surface area contributed by atoms with Crippen LogP contribution < -0.4 is 15.0 Å². The van der Waals surface area contributed by atoms with Crippen LogP contribution in [-0.4, -0.2) is 54.5 Å². The summed E-state index contributed by atoms with van der Waals surface area (Å²) in [6, 6.07) is 11.5. The number of anilines is 1. The van der Waals surface area contributed by atoms with Crippen molar-refractivity contribution in [3.8, 4) is 5.75 Å². The minimum absolute atomic E-state index is 0.0504. The monoisotopic (exact) mass is 572 g/mol. The summed E-state index contributed by atoms with van der Waals surface area (Å²) < 4.78 is 46.5. The summed E-state index contributed by atoms with van der Waals surface area (Å²) in [7, 11) is 1.78. The van der Waals surface area contributed by atoms with Crippen LogP contribution in [0.4, 0.5) is 18.9 Å². The molecule has 0 saturated carbocycles. The van der Waals surface area contributed by atoms with Gasteiger partial charge in [-0.3, -0.25) is 14.6 Å². The summed E-state index contributed by atoms with van der Waals surface area (Å²) in [5.74, 6) is -0.645. The zero-order valence-corrected chi connectivity index (χ0v) is 22.5. The molecule has 210 valence electrons. The van der Waals surface area contributed by atoms with Gasteiger partial charge >= 0.3 is 6.18 Å². The second-order valence-electron chi connectivity index (χ2n) is 9.92. The van der Waals surface area contributed by atoms with Crippen molar-refractivity contribution in [3.05, 3.63) is 88.2 Å². The molecule has 1 saturated heterocycles. The number of amides is 2. The number of nitrogens with one attached hydrogen (secondary N) is 1. The minimum Gasteiger partial charge on any atom is -0.493 e. The van der Waals surface area contributed by atoms with Crippen LogP contribution in [-0.2, 0) is 6.18 Å². The topological polar surface area (TPSA) is 74.8 Å². The van der Waals surface area contributed by atoms with Crippen LogP contribution in [0.3, 0.4) is 0 Å². The Morgan fingerprint density at radius 1 is 1.07 bits per heavy atom. The number of halogens is 4. The fourth-order valence-electron chi connectivity index (χ4n) is 5.33. The van der Waals surface area contributed by atoms with Gasteiger partial charge in [-0.05, 0) is 55.3 Å². The highest BCUT2D eigenvalue weighted by atomic mass is 35.5. The first-order valence-corrected chi connectivity index (χ1v) is 13.4. The van der Waals surface area contributed by atoms with E-state index in [9.17, 15) is 22.8 Å². The summed E-state index contributed by atoms with van der Waals surface area (Å²) in [6.45, 7) is 1.87. The molecule has 1 N–H and O–H groups in total. The summed E-state index contributed by atoms with van der Waals surface area (Å²) in [5.41, 5.74) is 0.313. The molecule has 40 heavy (non-hydrogen) atoms. The van der Waals surface area contributed by atoms with Crippen molar-refractivity contribution in [1.29, 1.82) is 0 Å². The molecule has 2 amide bonds. The van der Waals surface area contributed by atoms with E-state index in [1.165, 1.54) is 6.07 Å². The second-order valence-corrected chi connectivity index (χ2v) is 10.3. The molecule has 1 fully saturated rings. The van der Waals surface area contributed by atoms with Crippen molar-refractivity contribution in [2.24, 2.45) is 0 Å². The lowest BCUT2D eigenvalue weighted by molar-refractivity contribution is -0.137. The number of ether oxygens (including phenoxy) is 1. The Bertz CT molecular complexity index is 1400. The van der Waals surface area contributed by atoms with Gasteiger partial charge in [-0.25, -0.2) is 0 Å². The Hall–Kier alpha value is -3.79. The van der Waals surface area contributed by atoms with Crippen LogP contribution in [0.5, 0.6) is 5.75 Å². The molecule has 5 rings (SSSR count). The number of alkyl halides is 3. The first-order valence-electron chi connectivity index (χ1n) is 13.0. The van der Waals surface area contributed by atoms with Crippen molar-refractivity contribution >= 4 is 29.1 Å². The molecular weight excluding hydrogens is 545 g/mol. The number of aromatic nitrogens is 1. The summed E-state index contributed by atoms with van der Waals surface area (Å²) >= 11 is 6.03. The Morgan fingerprint density at radius 2 is 1.80 bits per heavy atom. The third-order valence-corrected chi connectivity index (χ3v) is 7.82. The number of nitrogens with zero attached hydrogens (tertiary/aromatic N) is 3. The lowest BCUT2D eigenvalue weighted by Gasteiger charge is -2.38. The average molecular weight is 573 g/mol. The molecule has 1 aromatic heterocycles. The van der Waals surface area contributed by atoms with Gasteiger partial charge in [-0.1, -0.05) is 17.7 Å². The number of fused-ring (bicyclic) bond motifs is 1. The predicted octanol–water partition coefficient (Wildman–Crippen LogP) is 5.75. The van der Waals surface area contributed by atoms with Crippen molar-refractivity contribution in [2.75, 3.05) is 31.6 Å². The summed E-state index contributed by atoms with van der Waals surface area (Å²) in [4.78, 5) is 34.6. The van der Waals surface area contributed by atoms with E-state index in [1.54, 1.807) is 42.5 Å². The number of piperidine rings is 1. The molecule has 1 unspecified atom stereocenters. The molecule has 0 bridgehead atoms. The van der Waals surface area contributed by atoms with Gasteiger partial charge in [0.1, 0.15) is 5.75 Å². The Kier molecular flexibility index (Phi) is 7.89. The van der Waals surface area contributed by atoms with Gasteiger partial charge in [-0.15, -0.1) is 0 Å². The Balaban J connectivity index is 1.31. The largest absolute Gasteiger partial charge is 0.493 e. The average Bonchev–Trinajstić information content (AvgIpc) is 2.96. The molecule has 2 aliphatic heterocycles. The van der Waals surface area contributed by atoms with Crippen LogP contribution in [0.15, 0.2) is 60.9 Å². The standard InChI is InChI=1S/C29H28ClF3N4O3/c1-36(19-9-14-37(15-10-19)20-7-12-34-13-8-20)28(39)18-5-6-25-21(17-18)24(11-16-40-25)35-27(38)26-22(29(31,32)33)3-2-4-23(26)30/h2-8,12-13,17,19,24H,9-11,14-16H2,1H3,(H,35,38). The smallest absolute Gasteiger partial charge is 0.417 e. The van der Waals surface area contributed by atoms with Crippen LogP contribution in [0.25, 0.3) is 0 Å². The molecule has 11 heteroatoms. The third kappa shape index (κ3) is 5.72. The molecule has 2 aliphatic rings. The Labute approximate surface area is 234 Å². The van der Waals surface area contributed by atoms with Gasteiger partial charge in [0.25, 0.3) is 11.8 Å². The number of hydrogen-bond acceptors (Lipinski definition) is 5. The van der Waals surface area contributed by atoms with Crippen LogP contribution in [0.1, 0.15) is 57.1 Å². The van der Waals surface area contributed by atoms with E-state index in [2.05, 4.69) is 15.2 Å². The highest BCUT2D eigenvalue weighted by Gasteiger charge is 2.37. The molecular formula is C29H28ClF3N4O3. The first kappa shape index (κ1) is 27.8. The van der Waals surface area contributed by atoms with Crippen LogP contribution in [0.2, 0.25) is 5.02 Å². The maximum atomic E-state index is 13.6. The molecule has 0 radical (unpaired) electrons. The van der Waals surface area contributed by atoms with Crippen LogP contribution >= 0.6 is 11.6 Å². The normalized spacial score (nSPS) is 17.5. The molecule has 0 aliphatic carbocycles. The van der Waals surface area contributed by atoms with E-state index in [0.29, 0.717) is 23.3 Å². The van der Waals surface area contributed by atoms with Gasteiger partial charge in [-0.2, -0.15) is 13.2 Å². The van der Waals surface area contributed by atoms with Gasteiger partial charge in [0.2, 0.25) is 0 Å². The zero-order valence-electron chi connectivity index (χ0n) is 21.7. The highest BCUT2D eigenvalue weighted by Crippen LogP contribution is 2.37. The van der Waals surface area contributed by atoms with Gasteiger partial charge in [0, 0.05) is 61.8 Å². The van der Waals surface area contributed by atoms with E-state index in [0.717, 1.165) is 43.8 Å². The number of hydrogen-bond donors (Lipinski definition) is 1. The van der Waals surface area contributed by atoms with Gasteiger partial charge < -0.3 is 19.9 Å². The number of carbonyl (C=O) groups is 2. The maximum Gasteiger partial charge on any atom is 0.417 e. The maximum absolute atomic E-state index is 13.6. The van der Waals surface area contributed by atoms with E-state index in [1.807, 2.05) is 12.1 Å². The zero-order chi connectivity index (χ0) is 28.4. The molecule has 1 atom stereocenters. The van der Waals surface area contributed by atoms with E-state index in [-0.39, 0.29) is 23.6 Å². The summed E-state index contributed by atoms with van der Waals surface area (Å²) in [6.07, 6.45) is 0.703. The number of carbonyl (C=O) groups excluding carboxylic acids is 2. The minimum atomic E-state index is -4.75. The molecule has 3 aromatic rings. The van der Waals surface area contributed by atoms with Crippen molar-refractivity contribution in [2.45, 2.75) is 37.5 Å². The molecule has 2 aromatic carbocycles. The SMILES string of the molecule is CN(C(=O)c1ccc2c(c1)C(NC(=O)c1c(Cl)cccc1C(F)(F)F)CCO2)C1CCN(c2ccncc2)CC1. The van der Waals surface area contributed by atoms with E-state index >= 15 is 0 Å². The van der Waals surface area contributed by atoms with Crippen molar-refractivity contribution in [1.82, 2.24) is 15.2 Å². The predicted molar refractivity (Wildman–Crippen MR) is 145 cm³/mol. The number of benzene rings is 2. The lowest BCUT2D eigenvalue weighted by Crippen LogP contribution is -2.45. The van der Waals surface area contributed by atoms with Crippen LogP contribution in [0, 0.1) is 0 Å². The van der Waals surface area contributed by atoms with Crippen molar-refractivity contribution < 1.29 is 27.5 Å². The first-order chi connectivity index (χ1) is 19.1. The number of rotatable bonds is 5. The fraction of sp³-hybridized carbons (Fsp3) is 0.345. The summed E-state index contributed by atoms with van der Waals surface area (Å²) in [5, 5.41) is 2.39. The lowest BCUT2D eigenvalue weighted by atomic mass is 9.96.